The number of H-pyrrole nitrogens is 1. The topological polar surface area (TPSA) is 76.2 Å². The summed E-state index contributed by atoms with van der Waals surface area (Å²) in [6.07, 6.45) is 0. The van der Waals surface area contributed by atoms with Crippen LogP contribution in [0.2, 0.25) is 0 Å². The van der Waals surface area contributed by atoms with Gasteiger partial charge in [0.15, 0.2) is 12.4 Å². The lowest BCUT2D eigenvalue weighted by molar-refractivity contribution is -0.118. The van der Waals surface area contributed by atoms with Gasteiger partial charge in [-0.1, -0.05) is 63.2 Å². The lowest BCUT2D eigenvalue weighted by Gasteiger charge is -2.19. The summed E-state index contributed by atoms with van der Waals surface area (Å²) in [5.41, 5.74) is 3.16. The molecule has 4 aromatic rings. The molecule has 1 aromatic heterocycles. The predicted molar refractivity (Wildman–Crippen MR) is 126 cm³/mol. The third kappa shape index (κ3) is 5.27. The minimum Gasteiger partial charge on any atom is -0.489 e. The second kappa shape index (κ2) is 9.14. The van der Waals surface area contributed by atoms with Crippen LogP contribution in [0.5, 0.6) is 11.5 Å². The van der Waals surface area contributed by atoms with Crippen LogP contribution < -0.4 is 14.8 Å². The quantitative estimate of drug-likeness (QED) is 0.409. The molecular formula is C26H27N3O3. The second-order valence-electron chi connectivity index (χ2n) is 8.67. The number of nitrogens with zero attached hydrogens (tertiary/aromatic N) is 1. The maximum absolute atomic E-state index is 12.4. The van der Waals surface area contributed by atoms with Crippen LogP contribution in [0.15, 0.2) is 72.8 Å². The van der Waals surface area contributed by atoms with E-state index in [1.807, 2.05) is 72.8 Å². The number of aromatic amines is 1. The molecule has 2 N–H and O–H groups in total. The zero-order valence-corrected chi connectivity index (χ0v) is 18.5. The van der Waals surface area contributed by atoms with Gasteiger partial charge in [0.2, 0.25) is 0 Å². The van der Waals surface area contributed by atoms with Crippen molar-refractivity contribution in [1.29, 1.82) is 0 Å². The molecule has 0 aliphatic rings. The number of fused-ring (bicyclic) bond motifs is 1. The second-order valence-corrected chi connectivity index (χ2v) is 8.67. The Labute approximate surface area is 187 Å². The molecule has 1 amide bonds. The van der Waals surface area contributed by atoms with E-state index in [0.717, 1.165) is 22.2 Å². The van der Waals surface area contributed by atoms with Crippen LogP contribution in [-0.2, 0) is 16.8 Å². The highest BCUT2D eigenvalue weighted by molar-refractivity contribution is 6.00. The van der Waals surface area contributed by atoms with Gasteiger partial charge in [-0.25, -0.2) is 0 Å². The number of amides is 1. The van der Waals surface area contributed by atoms with Gasteiger partial charge >= 0.3 is 0 Å². The van der Waals surface area contributed by atoms with Gasteiger partial charge in [-0.3, -0.25) is 9.89 Å². The Kier molecular flexibility index (Phi) is 6.12. The first-order valence-electron chi connectivity index (χ1n) is 10.6. The molecule has 0 radical (unpaired) electrons. The summed E-state index contributed by atoms with van der Waals surface area (Å²) in [6.45, 7) is 6.86. The molecule has 4 rings (SSSR count). The van der Waals surface area contributed by atoms with Gasteiger partial charge in [-0.05, 0) is 40.8 Å². The first kappa shape index (κ1) is 21.4. The average molecular weight is 430 g/mol. The number of carbonyl (C=O) groups is 1. The van der Waals surface area contributed by atoms with E-state index < -0.39 is 0 Å². The van der Waals surface area contributed by atoms with Crippen molar-refractivity contribution in [3.63, 3.8) is 0 Å². The highest BCUT2D eigenvalue weighted by Crippen LogP contribution is 2.26. The number of hydrogen-bond donors (Lipinski definition) is 2. The molecule has 164 valence electrons. The van der Waals surface area contributed by atoms with Crippen LogP contribution >= 0.6 is 0 Å². The van der Waals surface area contributed by atoms with Crippen LogP contribution in [0.3, 0.4) is 0 Å². The van der Waals surface area contributed by atoms with Crippen molar-refractivity contribution in [2.24, 2.45) is 0 Å². The molecule has 32 heavy (non-hydrogen) atoms. The molecule has 0 spiro atoms. The molecule has 0 bridgehead atoms. The summed E-state index contributed by atoms with van der Waals surface area (Å²) >= 11 is 0. The van der Waals surface area contributed by atoms with Gasteiger partial charge in [-0.2, -0.15) is 5.10 Å². The highest BCUT2D eigenvalue weighted by atomic mass is 16.5. The van der Waals surface area contributed by atoms with Crippen molar-refractivity contribution >= 4 is 22.6 Å². The molecule has 0 aliphatic carbocycles. The van der Waals surface area contributed by atoms with Crippen LogP contribution in [0.25, 0.3) is 10.9 Å². The molecular weight excluding hydrogens is 402 g/mol. The number of hydrogen-bond acceptors (Lipinski definition) is 4. The number of ether oxygens (including phenoxy) is 2. The maximum atomic E-state index is 12.4. The van der Waals surface area contributed by atoms with E-state index in [0.29, 0.717) is 18.2 Å². The number of aromatic nitrogens is 2. The van der Waals surface area contributed by atoms with Gasteiger partial charge in [0.25, 0.3) is 5.91 Å². The van der Waals surface area contributed by atoms with E-state index in [1.165, 1.54) is 5.56 Å². The maximum Gasteiger partial charge on any atom is 0.263 e. The number of benzene rings is 3. The predicted octanol–water partition coefficient (Wildman–Crippen LogP) is 5.46. The van der Waals surface area contributed by atoms with Gasteiger partial charge in [0.1, 0.15) is 18.1 Å². The Morgan fingerprint density at radius 2 is 1.66 bits per heavy atom. The standard InChI is InChI=1S/C26H27N3O3/c1-26(2,3)19-9-11-20(12-10-19)32-17-24(30)27-25-22-14-13-21(15-23(22)28-29-25)31-16-18-7-5-4-6-8-18/h4-15H,16-17H2,1-3H3,(H2,27,28,29,30). The van der Waals surface area contributed by atoms with Crippen LogP contribution in [0.1, 0.15) is 31.9 Å². The molecule has 3 aromatic carbocycles. The summed E-state index contributed by atoms with van der Waals surface area (Å²) < 4.78 is 11.5. The third-order valence-electron chi connectivity index (χ3n) is 5.13. The number of carbonyl (C=O) groups excluding carboxylic acids is 1. The first-order chi connectivity index (χ1) is 15.4. The lowest BCUT2D eigenvalue weighted by atomic mass is 9.87. The SMILES string of the molecule is CC(C)(C)c1ccc(OCC(=O)Nc2n[nH]c3cc(OCc4ccccc4)ccc23)cc1. The van der Waals surface area contributed by atoms with Gasteiger partial charge < -0.3 is 14.8 Å². The van der Waals surface area contributed by atoms with Crippen LogP contribution in [0.4, 0.5) is 5.82 Å². The molecule has 0 atom stereocenters. The molecule has 0 saturated heterocycles. The van der Waals surface area contributed by atoms with Crippen LogP contribution in [-0.4, -0.2) is 22.7 Å². The summed E-state index contributed by atoms with van der Waals surface area (Å²) in [4.78, 5) is 12.4. The number of rotatable bonds is 7. The number of anilines is 1. The first-order valence-corrected chi connectivity index (χ1v) is 10.6. The van der Waals surface area contributed by atoms with Gasteiger partial charge in [-0.15, -0.1) is 0 Å². The minimum atomic E-state index is -0.275. The summed E-state index contributed by atoms with van der Waals surface area (Å²) in [5.74, 6) is 1.57. The van der Waals surface area contributed by atoms with E-state index in [2.05, 4.69) is 36.3 Å². The average Bonchev–Trinajstić information content (AvgIpc) is 3.18. The molecule has 6 heteroatoms. The minimum absolute atomic E-state index is 0.0728. The van der Waals surface area contributed by atoms with E-state index in [1.54, 1.807) is 0 Å². The molecule has 6 nitrogen and oxygen atoms in total. The Morgan fingerprint density at radius 3 is 2.38 bits per heavy atom. The molecule has 0 saturated carbocycles. The fraction of sp³-hybridized carbons (Fsp3) is 0.231. The van der Waals surface area contributed by atoms with E-state index >= 15 is 0 Å². The zero-order valence-electron chi connectivity index (χ0n) is 18.5. The normalized spacial score (nSPS) is 11.3. The molecule has 0 fully saturated rings. The van der Waals surface area contributed by atoms with Gasteiger partial charge in [0.05, 0.1) is 5.52 Å². The van der Waals surface area contributed by atoms with E-state index in [-0.39, 0.29) is 17.9 Å². The fourth-order valence-corrected chi connectivity index (χ4v) is 3.29. The summed E-state index contributed by atoms with van der Waals surface area (Å²) in [5, 5.41) is 10.8. The van der Waals surface area contributed by atoms with Crippen molar-refractivity contribution < 1.29 is 14.3 Å². The Hall–Kier alpha value is -3.80. The summed E-state index contributed by atoms with van der Waals surface area (Å²) in [6, 6.07) is 23.4. The smallest absolute Gasteiger partial charge is 0.263 e. The lowest BCUT2D eigenvalue weighted by Crippen LogP contribution is -2.20. The zero-order chi connectivity index (χ0) is 22.6. The van der Waals surface area contributed by atoms with Crippen molar-refractivity contribution in [3.05, 3.63) is 83.9 Å². The molecule has 0 aliphatic heterocycles. The highest BCUT2D eigenvalue weighted by Gasteiger charge is 2.14. The third-order valence-corrected chi connectivity index (χ3v) is 5.13. The van der Waals surface area contributed by atoms with Gasteiger partial charge in [0, 0.05) is 11.5 Å². The Morgan fingerprint density at radius 1 is 0.938 bits per heavy atom. The Bertz CT molecular complexity index is 1190. The van der Waals surface area contributed by atoms with Crippen molar-refractivity contribution in [2.45, 2.75) is 32.8 Å². The Balaban J connectivity index is 1.34. The number of nitrogens with one attached hydrogen (secondary N) is 2. The largest absolute Gasteiger partial charge is 0.489 e. The molecule has 0 unspecified atom stereocenters. The fourth-order valence-electron chi connectivity index (χ4n) is 3.29. The van der Waals surface area contributed by atoms with Crippen LogP contribution in [0, 0.1) is 0 Å². The summed E-state index contributed by atoms with van der Waals surface area (Å²) in [7, 11) is 0. The molecule has 1 heterocycles. The van der Waals surface area contributed by atoms with Crippen molar-refractivity contribution in [1.82, 2.24) is 10.2 Å². The van der Waals surface area contributed by atoms with E-state index in [9.17, 15) is 4.79 Å². The van der Waals surface area contributed by atoms with Crippen molar-refractivity contribution in [3.8, 4) is 11.5 Å². The van der Waals surface area contributed by atoms with E-state index in [4.69, 9.17) is 9.47 Å². The monoisotopic (exact) mass is 429 g/mol. The van der Waals surface area contributed by atoms with Crippen molar-refractivity contribution in [2.75, 3.05) is 11.9 Å².